The zero-order valence-corrected chi connectivity index (χ0v) is 12.1. The molecule has 0 aliphatic carbocycles. The van der Waals surface area contributed by atoms with Crippen LogP contribution in [0.2, 0.25) is 0 Å². The molecular formula is C14H21N3O3. The van der Waals surface area contributed by atoms with Gasteiger partial charge in [0.05, 0.1) is 6.04 Å². The largest absolute Gasteiger partial charge is 0.492 e. The summed E-state index contributed by atoms with van der Waals surface area (Å²) >= 11 is 0. The van der Waals surface area contributed by atoms with Crippen molar-refractivity contribution in [1.82, 2.24) is 15.5 Å². The minimum Gasteiger partial charge on any atom is -0.492 e. The second-order valence-corrected chi connectivity index (χ2v) is 4.39. The molecule has 0 saturated heterocycles. The van der Waals surface area contributed by atoms with E-state index in [1.54, 1.807) is 6.92 Å². The molecule has 6 nitrogen and oxygen atoms in total. The van der Waals surface area contributed by atoms with E-state index in [1.165, 1.54) is 7.05 Å². The molecule has 20 heavy (non-hydrogen) atoms. The number of nitrogens with zero attached hydrogens (tertiary/aromatic N) is 1. The normalized spacial score (nSPS) is 11.8. The summed E-state index contributed by atoms with van der Waals surface area (Å²) in [5, 5.41) is 4.59. The van der Waals surface area contributed by atoms with Crippen molar-refractivity contribution < 1.29 is 14.3 Å². The van der Waals surface area contributed by atoms with Crippen LogP contribution < -0.4 is 15.4 Å². The van der Waals surface area contributed by atoms with Crippen molar-refractivity contribution >= 4 is 11.9 Å². The molecule has 0 aliphatic heterocycles. The third-order valence-corrected chi connectivity index (χ3v) is 2.96. The first-order valence-corrected chi connectivity index (χ1v) is 6.45. The monoisotopic (exact) mass is 279 g/mol. The molecular weight excluding hydrogens is 258 g/mol. The lowest BCUT2D eigenvalue weighted by atomic mass is 10.3. The highest BCUT2D eigenvalue weighted by Gasteiger charge is 2.19. The average Bonchev–Trinajstić information content (AvgIpc) is 2.47. The van der Waals surface area contributed by atoms with Gasteiger partial charge in [-0.05, 0) is 26.1 Å². The highest BCUT2D eigenvalue weighted by Crippen LogP contribution is 2.08. The molecule has 6 heteroatoms. The van der Waals surface area contributed by atoms with Crippen LogP contribution in [-0.2, 0) is 4.79 Å². The fourth-order valence-electron chi connectivity index (χ4n) is 1.50. The summed E-state index contributed by atoms with van der Waals surface area (Å²) in [5.41, 5.74) is 0. The Bertz CT molecular complexity index is 437. The fourth-order valence-corrected chi connectivity index (χ4v) is 1.50. The quantitative estimate of drug-likeness (QED) is 0.809. The van der Waals surface area contributed by atoms with E-state index in [9.17, 15) is 9.59 Å². The van der Waals surface area contributed by atoms with Crippen molar-refractivity contribution in [2.75, 3.05) is 27.2 Å². The minimum atomic E-state index is -0.504. The molecule has 1 atom stereocenters. The molecule has 0 fully saturated rings. The Hall–Kier alpha value is -2.08. The molecule has 110 valence electrons. The number of imide groups is 1. The highest BCUT2D eigenvalue weighted by molar-refractivity contribution is 5.96. The van der Waals surface area contributed by atoms with Crippen molar-refractivity contribution in [3.05, 3.63) is 30.3 Å². The zero-order chi connectivity index (χ0) is 15.0. The number of hydrogen-bond donors (Lipinski definition) is 2. The molecule has 0 aromatic heterocycles. The Balaban J connectivity index is 2.32. The summed E-state index contributed by atoms with van der Waals surface area (Å²) in [5.74, 6) is 0.454. The van der Waals surface area contributed by atoms with E-state index in [0.717, 1.165) is 5.75 Å². The molecule has 0 heterocycles. The summed E-state index contributed by atoms with van der Waals surface area (Å²) in [4.78, 5) is 24.6. The standard InChI is InChI=1S/C14H21N3O3/c1-11(13(18)16-14(19)15-2)17(3)9-10-20-12-7-5-4-6-8-12/h4-8,11H,9-10H2,1-3H3,(H2,15,16,18,19)/t11-/m0/s1. The number of urea groups is 1. The molecule has 1 aromatic rings. The lowest BCUT2D eigenvalue weighted by molar-refractivity contribution is -0.124. The smallest absolute Gasteiger partial charge is 0.321 e. The molecule has 0 radical (unpaired) electrons. The lowest BCUT2D eigenvalue weighted by Crippen LogP contribution is -2.48. The van der Waals surface area contributed by atoms with Crippen LogP contribution in [0.15, 0.2) is 30.3 Å². The van der Waals surface area contributed by atoms with Gasteiger partial charge in [0.2, 0.25) is 5.91 Å². The van der Waals surface area contributed by atoms with Gasteiger partial charge < -0.3 is 10.1 Å². The number of benzene rings is 1. The van der Waals surface area contributed by atoms with Gasteiger partial charge in [-0.15, -0.1) is 0 Å². The van der Waals surface area contributed by atoms with E-state index < -0.39 is 12.1 Å². The maximum absolute atomic E-state index is 11.7. The van der Waals surface area contributed by atoms with Gasteiger partial charge in [-0.25, -0.2) is 4.79 Å². The van der Waals surface area contributed by atoms with Crippen LogP contribution in [0.4, 0.5) is 4.79 Å². The molecule has 0 unspecified atom stereocenters. The van der Waals surface area contributed by atoms with Gasteiger partial charge in [0.15, 0.2) is 0 Å². The van der Waals surface area contributed by atoms with E-state index in [1.807, 2.05) is 42.3 Å². The highest BCUT2D eigenvalue weighted by atomic mass is 16.5. The second kappa shape index (κ2) is 8.16. The Morgan fingerprint density at radius 3 is 2.55 bits per heavy atom. The van der Waals surface area contributed by atoms with Crippen LogP contribution in [0.5, 0.6) is 5.75 Å². The van der Waals surface area contributed by atoms with Gasteiger partial charge in [0, 0.05) is 13.6 Å². The van der Waals surface area contributed by atoms with Crippen molar-refractivity contribution in [3.63, 3.8) is 0 Å². The number of likely N-dealkylation sites (N-methyl/N-ethyl adjacent to an activating group) is 1. The fraction of sp³-hybridized carbons (Fsp3) is 0.429. The minimum absolute atomic E-state index is 0.341. The van der Waals surface area contributed by atoms with Gasteiger partial charge in [-0.3, -0.25) is 15.0 Å². The average molecular weight is 279 g/mol. The number of amides is 3. The predicted octanol–water partition coefficient (Wildman–Crippen LogP) is 0.841. The molecule has 3 amide bonds. The van der Waals surface area contributed by atoms with E-state index in [4.69, 9.17) is 4.74 Å². The number of carbonyl (C=O) groups is 2. The van der Waals surface area contributed by atoms with Crippen molar-refractivity contribution in [2.24, 2.45) is 0 Å². The van der Waals surface area contributed by atoms with Crippen molar-refractivity contribution in [3.8, 4) is 5.75 Å². The van der Waals surface area contributed by atoms with Crippen molar-refractivity contribution in [2.45, 2.75) is 13.0 Å². The van der Waals surface area contributed by atoms with E-state index in [0.29, 0.717) is 13.2 Å². The van der Waals surface area contributed by atoms with Crippen LogP contribution in [0.3, 0.4) is 0 Å². The topological polar surface area (TPSA) is 70.7 Å². The number of carbonyl (C=O) groups excluding carboxylic acids is 2. The van der Waals surface area contributed by atoms with Gasteiger partial charge in [0.25, 0.3) is 0 Å². The van der Waals surface area contributed by atoms with Gasteiger partial charge >= 0.3 is 6.03 Å². The summed E-state index contributed by atoms with van der Waals surface area (Å²) in [6, 6.07) is 8.56. The third-order valence-electron chi connectivity index (χ3n) is 2.96. The van der Waals surface area contributed by atoms with Crippen LogP contribution in [-0.4, -0.2) is 50.1 Å². The number of rotatable bonds is 6. The molecule has 0 spiro atoms. The Morgan fingerprint density at radius 2 is 1.95 bits per heavy atom. The Kier molecular flexibility index (Phi) is 6.52. The summed E-state index contributed by atoms with van der Waals surface area (Å²) in [7, 11) is 3.27. The number of para-hydroxylation sites is 1. The van der Waals surface area contributed by atoms with Gasteiger partial charge in [-0.2, -0.15) is 0 Å². The lowest BCUT2D eigenvalue weighted by Gasteiger charge is -2.23. The summed E-state index contributed by atoms with van der Waals surface area (Å²) < 4.78 is 5.56. The van der Waals surface area contributed by atoms with E-state index in [2.05, 4.69) is 10.6 Å². The van der Waals surface area contributed by atoms with Crippen LogP contribution >= 0.6 is 0 Å². The first kappa shape index (κ1) is 16.0. The number of nitrogens with one attached hydrogen (secondary N) is 2. The van der Waals surface area contributed by atoms with Gasteiger partial charge in [-0.1, -0.05) is 18.2 Å². The zero-order valence-electron chi connectivity index (χ0n) is 12.1. The second-order valence-electron chi connectivity index (χ2n) is 4.39. The number of hydrogen-bond acceptors (Lipinski definition) is 4. The van der Waals surface area contributed by atoms with Crippen molar-refractivity contribution in [1.29, 1.82) is 0 Å². The first-order chi connectivity index (χ1) is 9.54. The maximum Gasteiger partial charge on any atom is 0.321 e. The van der Waals surface area contributed by atoms with Gasteiger partial charge in [0.1, 0.15) is 12.4 Å². The molecule has 0 aliphatic rings. The molecule has 0 bridgehead atoms. The summed E-state index contributed by atoms with van der Waals surface area (Å²) in [6.07, 6.45) is 0. The first-order valence-electron chi connectivity index (χ1n) is 6.45. The Labute approximate surface area is 119 Å². The SMILES string of the molecule is CNC(=O)NC(=O)[C@H](C)N(C)CCOc1ccccc1. The third kappa shape index (κ3) is 5.27. The summed E-state index contributed by atoms with van der Waals surface area (Å²) in [6.45, 7) is 2.79. The molecule has 0 saturated carbocycles. The molecule has 2 N–H and O–H groups in total. The van der Waals surface area contributed by atoms with Crippen LogP contribution in [0.25, 0.3) is 0 Å². The van der Waals surface area contributed by atoms with E-state index >= 15 is 0 Å². The number of ether oxygens (including phenoxy) is 1. The van der Waals surface area contributed by atoms with Crippen LogP contribution in [0, 0.1) is 0 Å². The maximum atomic E-state index is 11.7. The molecule has 1 aromatic carbocycles. The Morgan fingerprint density at radius 1 is 1.30 bits per heavy atom. The van der Waals surface area contributed by atoms with E-state index in [-0.39, 0.29) is 5.91 Å². The van der Waals surface area contributed by atoms with Crippen LogP contribution in [0.1, 0.15) is 6.92 Å². The molecule has 1 rings (SSSR count). The predicted molar refractivity (Wildman–Crippen MR) is 76.6 cm³/mol.